The van der Waals surface area contributed by atoms with Gasteiger partial charge in [-0.2, -0.15) is 4.98 Å². The van der Waals surface area contributed by atoms with Crippen LogP contribution in [0.15, 0.2) is 24.4 Å². The van der Waals surface area contributed by atoms with Crippen molar-refractivity contribution in [2.45, 2.75) is 0 Å². The Bertz CT molecular complexity index is 393. The fourth-order valence-corrected chi connectivity index (χ4v) is 1.02. The molecule has 0 bridgehead atoms. The maximum absolute atomic E-state index is 8.99. The van der Waals surface area contributed by atoms with Crippen molar-refractivity contribution >= 4 is 11.5 Å². The van der Waals surface area contributed by atoms with Gasteiger partial charge in [-0.25, -0.2) is 0 Å². The quantitative estimate of drug-likeness (QED) is 0.577. The Morgan fingerprint density at radius 3 is 3.00 bits per heavy atom. The number of aromatic nitrogens is 2. The van der Waals surface area contributed by atoms with E-state index in [1.54, 1.807) is 22.6 Å². The van der Waals surface area contributed by atoms with Crippen molar-refractivity contribution in [3.63, 3.8) is 0 Å². The summed E-state index contributed by atoms with van der Waals surface area (Å²) < 4.78 is 1.62. The molecule has 4 nitrogen and oxygen atoms in total. The van der Waals surface area contributed by atoms with Crippen molar-refractivity contribution in [2.75, 3.05) is 5.73 Å². The van der Waals surface area contributed by atoms with E-state index in [0.717, 1.165) is 0 Å². The molecule has 11 heavy (non-hydrogen) atoms. The molecule has 0 saturated heterocycles. The Labute approximate surface area is 62.9 Å². The summed E-state index contributed by atoms with van der Waals surface area (Å²) in [6.07, 6.45) is 1.48. The first-order valence-electron chi connectivity index (χ1n) is 3.20. The molecule has 0 radical (unpaired) electrons. The molecule has 2 aromatic rings. The number of nitrogen functional groups attached to an aromatic ring is 1. The minimum Gasteiger partial charge on any atom is -0.492 e. The van der Waals surface area contributed by atoms with Gasteiger partial charge >= 0.3 is 0 Å². The average molecular weight is 149 g/mol. The minimum atomic E-state index is -0.0112. The van der Waals surface area contributed by atoms with Crippen LogP contribution in [0.2, 0.25) is 0 Å². The van der Waals surface area contributed by atoms with Gasteiger partial charge in [0.1, 0.15) is 11.5 Å². The van der Waals surface area contributed by atoms with E-state index < -0.39 is 0 Å². The van der Waals surface area contributed by atoms with Gasteiger partial charge in [0, 0.05) is 0 Å². The summed E-state index contributed by atoms with van der Waals surface area (Å²) in [7, 11) is 0. The van der Waals surface area contributed by atoms with Gasteiger partial charge in [-0.1, -0.05) is 6.07 Å². The highest BCUT2D eigenvalue weighted by Gasteiger charge is 1.99. The van der Waals surface area contributed by atoms with Crippen molar-refractivity contribution in [3.8, 4) is 5.88 Å². The average Bonchev–Trinajstić information content (AvgIpc) is 2.31. The first-order chi connectivity index (χ1) is 5.27. The number of anilines is 1. The maximum atomic E-state index is 8.99. The van der Waals surface area contributed by atoms with Gasteiger partial charge in [0.15, 0.2) is 0 Å². The lowest BCUT2D eigenvalue weighted by Gasteiger charge is -1.95. The number of fused-ring (bicyclic) bond motifs is 1. The topological polar surface area (TPSA) is 63.5 Å². The largest absolute Gasteiger partial charge is 0.492 e. The molecule has 0 aliphatic heterocycles. The van der Waals surface area contributed by atoms with Crippen LogP contribution < -0.4 is 5.73 Å². The monoisotopic (exact) mass is 149 g/mol. The fraction of sp³-hybridized carbons (Fsp3) is 0. The Hall–Kier alpha value is -1.71. The molecular formula is C7H7N3O. The molecule has 0 atom stereocenters. The first kappa shape index (κ1) is 6.03. The second kappa shape index (κ2) is 1.88. The van der Waals surface area contributed by atoms with Gasteiger partial charge in [0.2, 0.25) is 5.88 Å². The third kappa shape index (κ3) is 0.797. The van der Waals surface area contributed by atoms with Gasteiger partial charge < -0.3 is 10.8 Å². The summed E-state index contributed by atoms with van der Waals surface area (Å²) >= 11 is 0. The van der Waals surface area contributed by atoms with Crippen LogP contribution in [0.1, 0.15) is 0 Å². The molecule has 4 heteroatoms. The van der Waals surface area contributed by atoms with Crippen LogP contribution in [0.5, 0.6) is 5.88 Å². The molecule has 0 spiro atoms. The van der Waals surface area contributed by atoms with E-state index in [4.69, 9.17) is 10.8 Å². The Balaban J connectivity index is 2.90. The maximum Gasteiger partial charge on any atom is 0.230 e. The second-order valence-corrected chi connectivity index (χ2v) is 2.28. The smallest absolute Gasteiger partial charge is 0.230 e. The van der Waals surface area contributed by atoms with Crippen LogP contribution in [-0.4, -0.2) is 14.5 Å². The molecular weight excluding hydrogens is 142 g/mol. The van der Waals surface area contributed by atoms with Gasteiger partial charge in [0.05, 0.1) is 6.20 Å². The molecule has 0 aliphatic carbocycles. The standard InChI is InChI=1S/C7H7N3O/c8-5-2-1-3-6-9-7(11)4-10(5)6/h1-4,11H,8H2. The lowest BCUT2D eigenvalue weighted by Crippen LogP contribution is -1.93. The van der Waals surface area contributed by atoms with Crippen LogP contribution in [0, 0.1) is 0 Å². The number of rotatable bonds is 0. The highest BCUT2D eigenvalue weighted by molar-refractivity contribution is 5.49. The summed E-state index contributed by atoms with van der Waals surface area (Å²) in [6, 6.07) is 5.31. The second-order valence-electron chi connectivity index (χ2n) is 2.28. The normalized spacial score (nSPS) is 10.5. The highest BCUT2D eigenvalue weighted by atomic mass is 16.3. The zero-order chi connectivity index (χ0) is 7.84. The number of nitrogens with two attached hydrogens (primary N) is 1. The van der Waals surface area contributed by atoms with Crippen molar-refractivity contribution in [1.82, 2.24) is 9.38 Å². The molecule has 2 heterocycles. The van der Waals surface area contributed by atoms with E-state index in [1.807, 2.05) is 0 Å². The number of hydrogen-bond acceptors (Lipinski definition) is 3. The molecule has 0 saturated carbocycles. The van der Waals surface area contributed by atoms with E-state index in [-0.39, 0.29) is 5.88 Å². The van der Waals surface area contributed by atoms with Crippen molar-refractivity contribution in [3.05, 3.63) is 24.4 Å². The molecule has 56 valence electrons. The first-order valence-corrected chi connectivity index (χ1v) is 3.20. The fourth-order valence-electron chi connectivity index (χ4n) is 1.02. The van der Waals surface area contributed by atoms with Crippen LogP contribution >= 0.6 is 0 Å². The zero-order valence-electron chi connectivity index (χ0n) is 5.73. The van der Waals surface area contributed by atoms with Crippen molar-refractivity contribution in [1.29, 1.82) is 0 Å². The molecule has 2 aromatic heterocycles. The number of hydrogen-bond donors (Lipinski definition) is 2. The zero-order valence-corrected chi connectivity index (χ0v) is 5.73. The highest BCUT2D eigenvalue weighted by Crippen LogP contribution is 2.13. The van der Waals surface area contributed by atoms with E-state index in [2.05, 4.69) is 4.98 Å². The molecule has 2 rings (SSSR count). The number of pyridine rings is 1. The summed E-state index contributed by atoms with van der Waals surface area (Å²) in [6.45, 7) is 0. The Morgan fingerprint density at radius 2 is 2.27 bits per heavy atom. The summed E-state index contributed by atoms with van der Waals surface area (Å²) in [5.41, 5.74) is 6.24. The predicted octanol–water partition coefficient (Wildman–Crippen LogP) is 0.622. The molecule has 0 aliphatic rings. The van der Waals surface area contributed by atoms with Crippen molar-refractivity contribution in [2.24, 2.45) is 0 Å². The Morgan fingerprint density at radius 1 is 1.45 bits per heavy atom. The van der Waals surface area contributed by atoms with E-state index >= 15 is 0 Å². The van der Waals surface area contributed by atoms with E-state index in [9.17, 15) is 0 Å². The third-order valence-corrected chi connectivity index (χ3v) is 1.51. The molecule has 0 aromatic carbocycles. The van der Waals surface area contributed by atoms with Crippen LogP contribution in [0.4, 0.5) is 5.82 Å². The summed E-state index contributed by atoms with van der Waals surface area (Å²) in [4.78, 5) is 3.81. The lowest BCUT2D eigenvalue weighted by molar-refractivity contribution is 0.457. The van der Waals surface area contributed by atoms with E-state index in [1.165, 1.54) is 6.20 Å². The predicted molar refractivity (Wildman–Crippen MR) is 41.3 cm³/mol. The molecule has 0 fully saturated rings. The van der Waals surface area contributed by atoms with Crippen LogP contribution in [0.25, 0.3) is 5.65 Å². The summed E-state index contributed by atoms with van der Waals surface area (Å²) in [5.74, 6) is 0.554. The SMILES string of the molecule is Nc1cccc2nc(O)cn12. The summed E-state index contributed by atoms with van der Waals surface area (Å²) in [5, 5.41) is 8.99. The molecule has 3 N–H and O–H groups in total. The minimum absolute atomic E-state index is 0.0112. The molecule has 0 unspecified atom stereocenters. The van der Waals surface area contributed by atoms with Gasteiger partial charge in [-0.15, -0.1) is 0 Å². The number of nitrogens with zero attached hydrogens (tertiary/aromatic N) is 2. The number of imidazole rings is 1. The van der Waals surface area contributed by atoms with Gasteiger partial charge in [-0.05, 0) is 12.1 Å². The lowest BCUT2D eigenvalue weighted by atomic mass is 10.4. The van der Waals surface area contributed by atoms with E-state index in [0.29, 0.717) is 11.5 Å². The van der Waals surface area contributed by atoms with Crippen molar-refractivity contribution < 1.29 is 5.11 Å². The van der Waals surface area contributed by atoms with Gasteiger partial charge in [-0.3, -0.25) is 4.40 Å². The number of aromatic hydroxyl groups is 1. The third-order valence-electron chi connectivity index (χ3n) is 1.51. The molecule has 0 amide bonds. The van der Waals surface area contributed by atoms with Crippen LogP contribution in [-0.2, 0) is 0 Å². The van der Waals surface area contributed by atoms with Gasteiger partial charge in [0.25, 0.3) is 0 Å². The Kier molecular flexibility index (Phi) is 1.03. The van der Waals surface area contributed by atoms with Crippen LogP contribution in [0.3, 0.4) is 0 Å².